The van der Waals surface area contributed by atoms with Gasteiger partial charge in [0.05, 0.1) is 12.6 Å². The summed E-state index contributed by atoms with van der Waals surface area (Å²) < 4.78 is 5.71. The number of aromatic amines is 1. The molecule has 2 aliphatic rings. The van der Waals surface area contributed by atoms with Gasteiger partial charge in [0.1, 0.15) is 12.1 Å². The highest BCUT2D eigenvalue weighted by Gasteiger charge is 2.34. The van der Waals surface area contributed by atoms with Gasteiger partial charge < -0.3 is 14.6 Å². The number of hydrogen-bond donors (Lipinski definition) is 1. The molecule has 32 heavy (non-hydrogen) atoms. The summed E-state index contributed by atoms with van der Waals surface area (Å²) in [5.74, 6) is 0.920. The smallest absolute Gasteiger partial charge is 0.247 e. The fourth-order valence-electron chi connectivity index (χ4n) is 4.86. The monoisotopic (exact) mass is 422 g/mol. The molecule has 6 rings (SSSR count). The first-order valence-electron chi connectivity index (χ1n) is 10.9. The van der Waals surface area contributed by atoms with Crippen molar-refractivity contribution in [3.05, 3.63) is 95.2 Å². The van der Waals surface area contributed by atoms with Gasteiger partial charge in [0.25, 0.3) is 0 Å². The van der Waals surface area contributed by atoms with Gasteiger partial charge in [-0.25, -0.2) is 9.97 Å². The molecule has 158 valence electrons. The van der Waals surface area contributed by atoms with Crippen LogP contribution in [0.1, 0.15) is 34.0 Å². The third-order valence-corrected chi connectivity index (χ3v) is 6.35. The molecule has 0 saturated heterocycles. The van der Waals surface area contributed by atoms with Crippen molar-refractivity contribution in [2.24, 2.45) is 0 Å². The highest BCUT2D eigenvalue weighted by molar-refractivity contribution is 5.93. The Morgan fingerprint density at radius 1 is 1.12 bits per heavy atom. The minimum atomic E-state index is -0.179. The molecule has 0 saturated carbocycles. The van der Waals surface area contributed by atoms with Gasteiger partial charge in [-0.15, -0.1) is 0 Å². The number of nitrogens with one attached hydrogen (secondary N) is 1. The molecule has 1 atom stereocenters. The molecule has 2 aromatic carbocycles. The van der Waals surface area contributed by atoms with Crippen molar-refractivity contribution in [1.29, 1.82) is 0 Å². The van der Waals surface area contributed by atoms with E-state index in [9.17, 15) is 4.79 Å². The van der Waals surface area contributed by atoms with Crippen molar-refractivity contribution in [3.63, 3.8) is 0 Å². The van der Waals surface area contributed by atoms with E-state index in [0.29, 0.717) is 13.2 Å². The van der Waals surface area contributed by atoms with Crippen LogP contribution in [0.4, 0.5) is 0 Å². The number of nitrogens with zero attached hydrogens (tertiary/aromatic N) is 3. The minimum absolute atomic E-state index is 0.0279. The van der Waals surface area contributed by atoms with Gasteiger partial charge in [-0.3, -0.25) is 4.79 Å². The number of rotatable bonds is 3. The van der Waals surface area contributed by atoms with Crippen molar-refractivity contribution < 1.29 is 9.53 Å². The van der Waals surface area contributed by atoms with Crippen molar-refractivity contribution in [2.45, 2.75) is 18.9 Å². The number of benzene rings is 2. The Balaban J connectivity index is 1.44. The lowest BCUT2D eigenvalue weighted by atomic mass is 9.91. The van der Waals surface area contributed by atoms with E-state index >= 15 is 0 Å². The third-order valence-electron chi connectivity index (χ3n) is 6.35. The van der Waals surface area contributed by atoms with Gasteiger partial charge in [0.15, 0.2) is 0 Å². The van der Waals surface area contributed by atoms with Gasteiger partial charge in [-0.1, -0.05) is 24.3 Å². The van der Waals surface area contributed by atoms with Gasteiger partial charge in [-0.2, -0.15) is 0 Å². The highest BCUT2D eigenvalue weighted by Crippen LogP contribution is 2.40. The van der Waals surface area contributed by atoms with E-state index < -0.39 is 0 Å². The Morgan fingerprint density at radius 2 is 2.00 bits per heavy atom. The molecule has 6 heteroatoms. The minimum Gasteiger partial charge on any atom is -0.493 e. The van der Waals surface area contributed by atoms with Crippen LogP contribution in [-0.4, -0.2) is 38.9 Å². The lowest BCUT2D eigenvalue weighted by molar-refractivity contribution is -0.128. The van der Waals surface area contributed by atoms with Crippen LogP contribution in [0.15, 0.2) is 67.3 Å². The zero-order chi connectivity index (χ0) is 21.5. The van der Waals surface area contributed by atoms with E-state index in [0.717, 1.165) is 40.9 Å². The SMILES string of the molecule is O=C(C=Cc1cncnc1)N1CCc2c([nH]c3ccccc23)C1c1ccc2c(c1)CCO2. The molecule has 0 radical (unpaired) electrons. The van der Waals surface area contributed by atoms with Crippen molar-refractivity contribution in [2.75, 3.05) is 13.2 Å². The summed E-state index contributed by atoms with van der Waals surface area (Å²) in [6, 6.07) is 14.5. The largest absolute Gasteiger partial charge is 0.493 e. The Labute approximate surface area is 185 Å². The summed E-state index contributed by atoms with van der Waals surface area (Å²) in [5.41, 5.74) is 6.61. The molecule has 1 amide bonds. The number of ether oxygens (including phenoxy) is 1. The predicted octanol–water partition coefficient (Wildman–Crippen LogP) is 4.08. The molecule has 0 fully saturated rings. The number of para-hydroxylation sites is 1. The number of amides is 1. The Bertz CT molecular complexity index is 1340. The molecule has 0 bridgehead atoms. The van der Waals surface area contributed by atoms with Crippen LogP contribution < -0.4 is 4.74 Å². The number of aromatic nitrogens is 3. The van der Waals surface area contributed by atoms with Gasteiger partial charge >= 0.3 is 0 Å². The summed E-state index contributed by atoms with van der Waals surface area (Å²) >= 11 is 0. The molecular formula is C26H22N4O2. The number of H-pyrrole nitrogens is 1. The Hall–Kier alpha value is -3.93. The lowest BCUT2D eigenvalue weighted by Crippen LogP contribution is -2.39. The van der Waals surface area contributed by atoms with Crippen molar-refractivity contribution in [1.82, 2.24) is 19.9 Å². The van der Waals surface area contributed by atoms with Crippen LogP contribution in [-0.2, 0) is 17.6 Å². The lowest BCUT2D eigenvalue weighted by Gasteiger charge is -2.36. The maximum atomic E-state index is 13.4. The van der Waals surface area contributed by atoms with E-state index in [1.54, 1.807) is 24.5 Å². The molecule has 1 N–H and O–H groups in total. The molecule has 1 unspecified atom stereocenters. The second-order valence-electron chi connectivity index (χ2n) is 8.22. The number of carbonyl (C=O) groups excluding carboxylic acids is 1. The van der Waals surface area contributed by atoms with E-state index in [1.165, 1.54) is 22.8 Å². The maximum absolute atomic E-state index is 13.4. The van der Waals surface area contributed by atoms with Gasteiger partial charge in [0, 0.05) is 53.6 Å². The fourth-order valence-corrected chi connectivity index (χ4v) is 4.86. The second-order valence-corrected chi connectivity index (χ2v) is 8.22. The van der Waals surface area contributed by atoms with Crippen LogP contribution in [0, 0.1) is 0 Å². The van der Waals surface area contributed by atoms with E-state index in [4.69, 9.17) is 4.74 Å². The van der Waals surface area contributed by atoms with Crippen LogP contribution >= 0.6 is 0 Å². The highest BCUT2D eigenvalue weighted by atomic mass is 16.5. The summed E-state index contributed by atoms with van der Waals surface area (Å²) in [5, 5.41) is 1.24. The number of fused-ring (bicyclic) bond motifs is 4. The summed E-state index contributed by atoms with van der Waals surface area (Å²) in [4.78, 5) is 27.0. The number of carbonyl (C=O) groups is 1. The summed E-state index contributed by atoms with van der Waals surface area (Å²) in [6.07, 6.45) is 9.98. The Morgan fingerprint density at radius 3 is 2.91 bits per heavy atom. The van der Waals surface area contributed by atoms with Crippen LogP contribution in [0.2, 0.25) is 0 Å². The summed E-state index contributed by atoms with van der Waals surface area (Å²) in [7, 11) is 0. The molecule has 0 aliphatic carbocycles. The first-order chi connectivity index (χ1) is 15.8. The van der Waals surface area contributed by atoms with Crippen LogP contribution in [0.25, 0.3) is 17.0 Å². The van der Waals surface area contributed by atoms with E-state index in [-0.39, 0.29) is 11.9 Å². The number of hydrogen-bond acceptors (Lipinski definition) is 4. The molecule has 0 spiro atoms. The maximum Gasteiger partial charge on any atom is 0.247 e. The average Bonchev–Trinajstić information content (AvgIpc) is 3.46. The first-order valence-corrected chi connectivity index (χ1v) is 10.9. The standard InChI is InChI=1S/C26H22N4O2/c31-24(8-5-17-14-27-16-28-15-17)30-11-9-21-20-3-1-2-4-22(20)29-25(21)26(30)19-6-7-23-18(13-19)10-12-32-23/h1-8,13-16,26,29H,9-12H2. The second kappa shape index (κ2) is 7.64. The van der Waals surface area contributed by atoms with Crippen molar-refractivity contribution in [3.8, 4) is 5.75 Å². The van der Waals surface area contributed by atoms with Gasteiger partial charge in [0.2, 0.25) is 5.91 Å². The topological polar surface area (TPSA) is 71.1 Å². The van der Waals surface area contributed by atoms with Crippen LogP contribution in [0.3, 0.4) is 0 Å². The summed E-state index contributed by atoms with van der Waals surface area (Å²) in [6.45, 7) is 1.37. The molecule has 2 aromatic heterocycles. The third kappa shape index (κ3) is 3.15. The zero-order valence-corrected chi connectivity index (χ0v) is 17.5. The molecule has 4 aromatic rings. The van der Waals surface area contributed by atoms with E-state index in [1.807, 2.05) is 17.0 Å². The van der Waals surface area contributed by atoms with E-state index in [2.05, 4.69) is 45.3 Å². The van der Waals surface area contributed by atoms with Gasteiger partial charge in [-0.05, 0) is 47.4 Å². The molecule has 6 nitrogen and oxygen atoms in total. The average molecular weight is 422 g/mol. The molecule has 2 aliphatic heterocycles. The van der Waals surface area contributed by atoms with Crippen molar-refractivity contribution >= 4 is 22.9 Å². The quantitative estimate of drug-likeness (QED) is 0.505. The zero-order valence-electron chi connectivity index (χ0n) is 17.5. The Kier molecular flexibility index (Phi) is 4.49. The fraction of sp³-hybridized carbons (Fsp3) is 0.192. The molecule has 4 heterocycles. The van der Waals surface area contributed by atoms with Crippen LogP contribution in [0.5, 0.6) is 5.75 Å². The normalized spacial score (nSPS) is 17.4. The first kappa shape index (κ1) is 18.8. The molecular weight excluding hydrogens is 400 g/mol. The predicted molar refractivity (Wildman–Crippen MR) is 122 cm³/mol.